The maximum Gasteiger partial charge on any atom is 0.181 e. The Labute approximate surface area is 101 Å². The van der Waals surface area contributed by atoms with Gasteiger partial charge in [-0.25, -0.2) is 19.3 Å². The van der Waals surface area contributed by atoms with E-state index < -0.39 is 12.3 Å². The highest BCUT2D eigenvalue weighted by atomic mass is 19.1. The molecule has 0 aliphatic carbocycles. The van der Waals surface area contributed by atoms with Gasteiger partial charge in [-0.1, -0.05) is 0 Å². The van der Waals surface area contributed by atoms with E-state index in [2.05, 4.69) is 15.0 Å². The Morgan fingerprint density at radius 2 is 2.33 bits per heavy atom. The van der Waals surface area contributed by atoms with Gasteiger partial charge in [0.1, 0.15) is 30.6 Å². The predicted molar refractivity (Wildman–Crippen MR) is 59.7 cm³/mol. The van der Waals surface area contributed by atoms with E-state index in [0.29, 0.717) is 11.2 Å². The fraction of sp³-hybridized carbons (Fsp3) is 0.300. The van der Waals surface area contributed by atoms with Gasteiger partial charge in [-0.15, -0.1) is 0 Å². The van der Waals surface area contributed by atoms with Crippen LogP contribution in [0.3, 0.4) is 0 Å². The number of nitrogen functional groups attached to an aromatic ring is 1. The Hall–Kier alpha value is -2.22. The largest absolute Gasteiger partial charge is 0.469 e. The van der Waals surface area contributed by atoms with Crippen LogP contribution in [0.5, 0.6) is 0 Å². The smallest absolute Gasteiger partial charge is 0.181 e. The number of hydrogen-bond donors (Lipinski definition) is 2. The van der Waals surface area contributed by atoms with E-state index in [1.807, 2.05) is 0 Å². The van der Waals surface area contributed by atoms with Crippen LogP contribution in [0.25, 0.3) is 11.2 Å². The normalized spacial score (nSPS) is 25.8. The Morgan fingerprint density at radius 1 is 1.50 bits per heavy atom. The lowest BCUT2D eigenvalue weighted by Crippen LogP contribution is -2.08. The topological polar surface area (TPSA) is 99.1 Å². The number of aliphatic hydroxyl groups is 1. The first-order chi connectivity index (χ1) is 8.70. The van der Waals surface area contributed by atoms with E-state index >= 15 is 0 Å². The molecule has 0 spiro atoms. The van der Waals surface area contributed by atoms with Crippen LogP contribution in [0, 0.1) is 0 Å². The maximum atomic E-state index is 12.4. The lowest BCUT2D eigenvalue weighted by molar-refractivity contribution is 0.0977. The van der Waals surface area contributed by atoms with Gasteiger partial charge in [0.25, 0.3) is 0 Å². The SMILES string of the molecule is Nc1ncnc2c1ncn2[C@H]1CC(O)/C(=C\F)O1. The second-order valence-electron chi connectivity index (χ2n) is 3.92. The molecule has 1 unspecified atom stereocenters. The highest BCUT2D eigenvalue weighted by Crippen LogP contribution is 2.33. The van der Waals surface area contributed by atoms with Gasteiger partial charge >= 0.3 is 0 Å². The maximum absolute atomic E-state index is 12.4. The number of ether oxygens (including phenoxy) is 1. The van der Waals surface area contributed by atoms with Crippen molar-refractivity contribution < 1.29 is 14.2 Å². The van der Waals surface area contributed by atoms with Crippen LogP contribution in [0.15, 0.2) is 24.7 Å². The van der Waals surface area contributed by atoms with Crippen molar-refractivity contribution in [3.63, 3.8) is 0 Å². The van der Waals surface area contributed by atoms with Crippen molar-refractivity contribution in [3.05, 3.63) is 24.7 Å². The minimum Gasteiger partial charge on any atom is -0.469 e. The summed E-state index contributed by atoms with van der Waals surface area (Å²) >= 11 is 0. The third-order valence-corrected chi connectivity index (χ3v) is 2.83. The molecule has 0 saturated carbocycles. The summed E-state index contributed by atoms with van der Waals surface area (Å²) in [5.41, 5.74) is 6.60. The molecular weight excluding hydrogens is 241 g/mol. The van der Waals surface area contributed by atoms with Gasteiger partial charge < -0.3 is 15.6 Å². The number of anilines is 1. The molecule has 2 aromatic heterocycles. The average molecular weight is 251 g/mol. The Morgan fingerprint density at radius 3 is 3.06 bits per heavy atom. The number of aliphatic hydroxyl groups excluding tert-OH is 1. The van der Waals surface area contributed by atoms with Crippen molar-refractivity contribution in [2.75, 3.05) is 5.73 Å². The molecule has 94 valence electrons. The monoisotopic (exact) mass is 251 g/mol. The lowest BCUT2D eigenvalue weighted by atomic mass is 10.2. The fourth-order valence-electron chi connectivity index (χ4n) is 1.94. The Kier molecular flexibility index (Phi) is 2.37. The highest BCUT2D eigenvalue weighted by molar-refractivity contribution is 5.81. The first kappa shape index (κ1) is 10.9. The Balaban J connectivity index is 2.04. The first-order valence-corrected chi connectivity index (χ1v) is 5.28. The molecule has 7 nitrogen and oxygen atoms in total. The van der Waals surface area contributed by atoms with E-state index in [0.717, 1.165) is 0 Å². The molecule has 1 aliphatic rings. The standard InChI is InChI=1S/C10H10FN5O2/c11-2-6-5(17)1-7(18-6)16-4-15-8-9(12)13-3-14-10(8)16/h2-5,7,17H,1H2,(H2,12,13,14)/b6-2+/t5?,7-/m1/s1. The van der Waals surface area contributed by atoms with Gasteiger partial charge in [0.2, 0.25) is 0 Å². The van der Waals surface area contributed by atoms with Gasteiger partial charge in [-0.3, -0.25) is 4.57 Å². The van der Waals surface area contributed by atoms with Crippen molar-refractivity contribution in [2.45, 2.75) is 18.8 Å². The predicted octanol–water partition coefficient (Wildman–Crippen LogP) is 0.499. The minimum absolute atomic E-state index is 0.0936. The zero-order valence-corrected chi connectivity index (χ0v) is 9.19. The zero-order valence-electron chi connectivity index (χ0n) is 9.19. The molecule has 0 amide bonds. The molecule has 3 heterocycles. The molecule has 3 N–H and O–H groups in total. The molecule has 0 aromatic carbocycles. The van der Waals surface area contributed by atoms with E-state index in [9.17, 15) is 9.50 Å². The van der Waals surface area contributed by atoms with Crippen LogP contribution < -0.4 is 5.73 Å². The molecule has 0 bridgehead atoms. The number of imidazole rings is 1. The molecule has 18 heavy (non-hydrogen) atoms. The summed E-state index contributed by atoms with van der Waals surface area (Å²) in [5, 5.41) is 9.56. The third-order valence-electron chi connectivity index (χ3n) is 2.83. The minimum atomic E-state index is -0.961. The van der Waals surface area contributed by atoms with Crippen molar-refractivity contribution in [2.24, 2.45) is 0 Å². The highest BCUT2D eigenvalue weighted by Gasteiger charge is 2.32. The lowest BCUT2D eigenvalue weighted by Gasteiger charge is -2.11. The van der Waals surface area contributed by atoms with Gasteiger partial charge in [-0.2, -0.15) is 0 Å². The number of fused-ring (bicyclic) bond motifs is 1. The van der Waals surface area contributed by atoms with Crippen molar-refractivity contribution in [1.82, 2.24) is 19.5 Å². The van der Waals surface area contributed by atoms with Crippen LogP contribution in [0.2, 0.25) is 0 Å². The summed E-state index contributed by atoms with van der Waals surface area (Å²) in [6.45, 7) is 0. The first-order valence-electron chi connectivity index (χ1n) is 5.28. The van der Waals surface area contributed by atoms with E-state index in [4.69, 9.17) is 10.5 Å². The summed E-state index contributed by atoms with van der Waals surface area (Å²) in [4.78, 5) is 12.0. The summed E-state index contributed by atoms with van der Waals surface area (Å²) in [6, 6.07) is 0. The number of hydrogen-bond acceptors (Lipinski definition) is 6. The van der Waals surface area contributed by atoms with Crippen LogP contribution in [0.4, 0.5) is 10.2 Å². The number of aromatic nitrogens is 4. The fourth-order valence-corrected chi connectivity index (χ4v) is 1.94. The Bertz CT molecular complexity index is 626. The molecule has 3 rings (SSSR count). The van der Waals surface area contributed by atoms with Gasteiger partial charge in [0.05, 0.1) is 0 Å². The van der Waals surface area contributed by atoms with Crippen LogP contribution in [-0.4, -0.2) is 30.7 Å². The third kappa shape index (κ3) is 1.50. The number of nitrogens with two attached hydrogens (primary N) is 1. The van der Waals surface area contributed by atoms with Gasteiger partial charge in [-0.05, 0) is 0 Å². The number of nitrogens with zero attached hydrogens (tertiary/aromatic N) is 4. The molecule has 1 aliphatic heterocycles. The molecular formula is C10H10FN5O2. The molecule has 1 fully saturated rings. The molecule has 1 saturated heterocycles. The summed E-state index contributed by atoms with van der Waals surface area (Å²) in [6.07, 6.45) is 1.76. The van der Waals surface area contributed by atoms with E-state index in [1.54, 1.807) is 4.57 Å². The second kappa shape index (κ2) is 3.91. The van der Waals surface area contributed by atoms with Gasteiger partial charge in [0, 0.05) is 6.42 Å². The average Bonchev–Trinajstić information content (AvgIpc) is 2.93. The molecule has 2 aromatic rings. The van der Waals surface area contributed by atoms with E-state index in [-0.39, 0.29) is 24.3 Å². The van der Waals surface area contributed by atoms with Crippen molar-refractivity contribution in [1.29, 1.82) is 0 Å². The number of rotatable bonds is 1. The van der Waals surface area contributed by atoms with Crippen LogP contribution >= 0.6 is 0 Å². The molecule has 0 radical (unpaired) electrons. The molecule has 8 heteroatoms. The van der Waals surface area contributed by atoms with Crippen molar-refractivity contribution in [3.8, 4) is 0 Å². The summed E-state index contributed by atoms with van der Waals surface area (Å²) < 4.78 is 19.3. The van der Waals surface area contributed by atoms with Crippen LogP contribution in [-0.2, 0) is 4.74 Å². The molecule has 2 atom stereocenters. The van der Waals surface area contributed by atoms with Gasteiger partial charge in [0.15, 0.2) is 23.5 Å². The second-order valence-corrected chi connectivity index (χ2v) is 3.92. The van der Waals surface area contributed by atoms with Crippen LogP contribution in [0.1, 0.15) is 12.6 Å². The summed E-state index contributed by atoms with van der Waals surface area (Å²) in [5.74, 6) is 0.169. The van der Waals surface area contributed by atoms with E-state index in [1.165, 1.54) is 12.7 Å². The summed E-state index contributed by atoms with van der Waals surface area (Å²) in [7, 11) is 0. The quantitative estimate of drug-likeness (QED) is 0.765. The van der Waals surface area contributed by atoms with Crippen molar-refractivity contribution >= 4 is 17.0 Å². The zero-order chi connectivity index (χ0) is 12.7. The number of halogens is 1.